The van der Waals surface area contributed by atoms with Gasteiger partial charge in [0.05, 0.1) is 23.4 Å². The number of carbonyl (C=O) groups excluding carboxylic acids is 2. The second kappa shape index (κ2) is 8.26. The van der Waals surface area contributed by atoms with Crippen LogP contribution in [0.25, 0.3) is 0 Å². The van der Waals surface area contributed by atoms with E-state index in [2.05, 4.69) is 6.07 Å². The highest BCUT2D eigenvalue weighted by Crippen LogP contribution is 2.56. The summed E-state index contributed by atoms with van der Waals surface area (Å²) in [6, 6.07) is 26.2. The van der Waals surface area contributed by atoms with Crippen LogP contribution in [0.2, 0.25) is 5.02 Å². The maximum absolute atomic E-state index is 14.2. The average Bonchev–Trinajstić information content (AvgIpc) is 3.34. The van der Waals surface area contributed by atoms with Crippen LogP contribution < -0.4 is 15.5 Å². The van der Waals surface area contributed by atoms with Crippen molar-refractivity contribution in [2.75, 3.05) is 23.4 Å². The number of para-hydroxylation sites is 1. The fourth-order valence-electron chi connectivity index (χ4n) is 5.75. The van der Waals surface area contributed by atoms with Crippen LogP contribution in [-0.4, -0.2) is 30.3 Å². The number of likely N-dealkylation sites (N-methyl/N-ethyl adjacent to an activating group) is 1. The second-order valence-corrected chi connectivity index (χ2v) is 9.72. The van der Waals surface area contributed by atoms with Crippen LogP contribution >= 0.6 is 11.6 Å². The van der Waals surface area contributed by atoms with Gasteiger partial charge in [0.25, 0.3) is 5.91 Å². The SMILES string of the molecule is CN1C(=O)C2(C(C#N)=C(N)N(c3ccc(Cl)cc3)C3=C2C(=O)N(Cc2ccccc2)C3)c2ccccc21. The van der Waals surface area contributed by atoms with Gasteiger partial charge in [-0.3, -0.25) is 14.5 Å². The fourth-order valence-corrected chi connectivity index (χ4v) is 5.87. The van der Waals surface area contributed by atoms with Gasteiger partial charge in [-0.05, 0) is 35.9 Å². The normalized spacial score (nSPS) is 20.6. The number of nitriles is 1. The first-order valence-corrected chi connectivity index (χ1v) is 12.2. The third kappa shape index (κ3) is 3.06. The van der Waals surface area contributed by atoms with Crippen molar-refractivity contribution in [2.45, 2.75) is 12.0 Å². The van der Waals surface area contributed by atoms with Gasteiger partial charge in [0.2, 0.25) is 5.91 Å². The van der Waals surface area contributed by atoms with Crippen LogP contribution in [0, 0.1) is 11.3 Å². The topological polar surface area (TPSA) is 93.7 Å². The lowest BCUT2D eigenvalue weighted by Gasteiger charge is -2.39. The third-order valence-electron chi connectivity index (χ3n) is 7.35. The molecule has 3 heterocycles. The Hall–Kier alpha value is -4.54. The summed E-state index contributed by atoms with van der Waals surface area (Å²) in [4.78, 5) is 33.3. The monoisotopic (exact) mass is 507 g/mol. The molecule has 0 saturated heterocycles. The van der Waals surface area contributed by atoms with Crippen LogP contribution in [0.5, 0.6) is 0 Å². The first kappa shape index (κ1) is 22.9. The maximum Gasteiger partial charge on any atom is 0.254 e. The van der Waals surface area contributed by atoms with Crippen molar-refractivity contribution in [2.24, 2.45) is 5.73 Å². The highest BCUT2D eigenvalue weighted by molar-refractivity contribution is 6.30. The van der Waals surface area contributed by atoms with E-state index in [4.69, 9.17) is 17.3 Å². The van der Waals surface area contributed by atoms with E-state index < -0.39 is 5.41 Å². The summed E-state index contributed by atoms with van der Waals surface area (Å²) < 4.78 is 0. The number of fused-ring (bicyclic) bond motifs is 3. The number of anilines is 2. The Bertz CT molecular complexity index is 1570. The molecule has 3 aromatic carbocycles. The quantitative estimate of drug-likeness (QED) is 0.577. The molecule has 1 unspecified atom stereocenters. The van der Waals surface area contributed by atoms with Crippen LogP contribution in [0.3, 0.4) is 0 Å². The number of benzene rings is 3. The van der Waals surface area contributed by atoms with E-state index >= 15 is 0 Å². The lowest BCUT2D eigenvalue weighted by molar-refractivity contribution is -0.129. The van der Waals surface area contributed by atoms with Crippen molar-refractivity contribution in [3.63, 3.8) is 0 Å². The van der Waals surface area contributed by atoms with Gasteiger partial charge in [-0.25, -0.2) is 0 Å². The lowest BCUT2D eigenvalue weighted by atomic mass is 9.67. The van der Waals surface area contributed by atoms with E-state index in [1.54, 1.807) is 47.2 Å². The summed E-state index contributed by atoms with van der Waals surface area (Å²) in [7, 11) is 1.66. The van der Waals surface area contributed by atoms with Crippen LogP contribution in [0.1, 0.15) is 11.1 Å². The maximum atomic E-state index is 14.2. The number of rotatable bonds is 3. The molecular weight excluding hydrogens is 486 g/mol. The molecule has 3 aromatic rings. The summed E-state index contributed by atoms with van der Waals surface area (Å²) >= 11 is 6.14. The van der Waals surface area contributed by atoms with Gasteiger partial charge < -0.3 is 15.5 Å². The lowest BCUT2D eigenvalue weighted by Crippen LogP contribution is -2.50. The molecule has 2 N–H and O–H groups in total. The summed E-state index contributed by atoms with van der Waals surface area (Å²) in [6.07, 6.45) is 0. The van der Waals surface area contributed by atoms with Crippen molar-refractivity contribution in [3.05, 3.63) is 118 Å². The Morgan fingerprint density at radius 1 is 1.00 bits per heavy atom. The van der Waals surface area contributed by atoms with E-state index in [1.807, 2.05) is 48.5 Å². The highest BCUT2D eigenvalue weighted by Gasteiger charge is 2.63. The molecule has 1 atom stereocenters. The smallest absolute Gasteiger partial charge is 0.254 e. The predicted octanol–water partition coefficient (Wildman–Crippen LogP) is 4.06. The Balaban J connectivity index is 1.61. The molecule has 182 valence electrons. The van der Waals surface area contributed by atoms with Crippen LogP contribution in [0.15, 0.2) is 102 Å². The molecule has 3 aliphatic heterocycles. The predicted molar refractivity (Wildman–Crippen MR) is 141 cm³/mol. The summed E-state index contributed by atoms with van der Waals surface area (Å²) in [5.41, 5.74) is 8.85. The summed E-state index contributed by atoms with van der Waals surface area (Å²) in [5, 5.41) is 11.0. The first-order valence-electron chi connectivity index (χ1n) is 11.8. The molecule has 3 aliphatic rings. The van der Waals surface area contributed by atoms with Gasteiger partial charge in [0.1, 0.15) is 17.3 Å². The Morgan fingerprint density at radius 2 is 1.68 bits per heavy atom. The largest absolute Gasteiger partial charge is 0.384 e. The zero-order valence-electron chi connectivity index (χ0n) is 20.0. The second-order valence-electron chi connectivity index (χ2n) is 9.28. The summed E-state index contributed by atoms with van der Waals surface area (Å²) in [5.74, 6) is -0.542. The Labute approximate surface area is 219 Å². The first-order chi connectivity index (χ1) is 17.9. The molecule has 0 bridgehead atoms. The molecule has 0 radical (unpaired) electrons. The number of amides is 2. The zero-order valence-corrected chi connectivity index (χ0v) is 20.7. The molecule has 8 heteroatoms. The van der Waals surface area contributed by atoms with Crippen LogP contribution in [-0.2, 0) is 21.5 Å². The third-order valence-corrected chi connectivity index (χ3v) is 7.61. The van der Waals surface area contributed by atoms with Gasteiger partial charge in [0, 0.05) is 35.6 Å². The number of hydrogen-bond donors (Lipinski definition) is 1. The number of hydrogen-bond acceptors (Lipinski definition) is 5. The van der Waals surface area contributed by atoms with Gasteiger partial charge in [-0.1, -0.05) is 60.1 Å². The zero-order chi connectivity index (χ0) is 25.9. The minimum Gasteiger partial charge on any atom is -0.384 e. The molecule has 0 fully saturated rings. The van der Waals surface area contributed by atoms with Crippen molar-refractivity contribution in [3.8, 4) is 6.07 Å². The number of nitrogens with two attached hydrogens (primary N) is 1. The minimum atomic E-state index is -1.62. The van der Waals surface area contributed by atoms with Crippen molar-refractivity contribution >= 4 is 34.8 Å². The van der Waals surface area contributed by atoms with Crippen LogP contribution in [0.4, 0.5) is 11.4 Å². The number of halogens is 1. The minimum absolute atomic E-state index is 0.0397. The van der Waals surface area contributed by atoms with E-state index in [0.717, 1.165) is 5.56 Å². The number of carbonyl (C=O) groups is 2. The Morgan fingerprint density at radius 3 is 2.38 bits per heavy atom. The van der Waals surface area contributed by atoms with Gasteiger partial charge in [-0.15, -0.1) is 0 Å². The molecule has 1 spiro atoms. The Kier molecular flexibility index (Phi) is 5.11. The fraction of sp³-hybridized carbons (Fsp3) is 0.138. The van der Waals surface area contributed by atoms with Crippen molar-refractivity contribution < 1.29 is 9.59 Å². The number of nitrogens with zero attached hydrogens (tertiary/aromatic N) is 4. The standard InChI is InChI=1S/C29H22ClN5O2/c1-33-23-10-6-5-9-21(23)29(28(33)37)22(15-31)26(32)35(20-13-11-19(30)12-14-20)24-17-34(27(36)25(24)29)16-18-7-3-2-4-8-18/h2-14H,16-17,32H2,1H3. The van der Waals surface area contributed by atoms with E-state index in [0.29, 0.717) is 34.2 Å². The molecule has 37 heavy (non-hydrogen) atoms. The highest BCUT2D eigenvalue weighted by atomic mass is 35.5. The van der Waals surface area contributed by atoms with Gasteiger partial charge >= 0.3 is 0 Å². The molecular formula is C29H22ClN5O2. The molecule has 0 aromatic heterocycles. The van der Waals surface area contributed by atoms with Crippen molar-refractivity contribution in [1.29, 1.82) is 5.26 Å². The molecule has 2 amide bonds. The summed E-state index contributed by atoms with van der Waals surface area (Å²) in [6.45, 7) is 0.580. The molecule has 7 nitrogen and oxygen atoms in total. The van der Waals surface area contributed by atoms with Gasteiger partial charge in [0.15, 0.2) is 0 Å². The van der Waals surface area contributed by atoms with Gasteiger partial charge in [-0.2, -0.15) is 5.26 Å². The molecule has 0 aliphatic carbocycles. The van der Waals surface area contributed by atoms with E-state index in [9.17, 15) is 14.9 Å². The molecule has 6 rings (SSSR count). The van der Waals surface area contributed by atoms with E-state index in [-0.39, 0.29) is 35.3 Å². The van der Waals surface area contributed by atoms with Crippen molar-refractivity contribution in [1.82, 2.24) is 4.90 Å². The van der Waals surface area contributed by atoms with E-state index in [1.165, 1.54) is 4.90 Å². The average molecular weight is 508 g/mol. The molecule has 0 saturated carbocycles.